The van der Waals surface area contributed by atoms with Crippen molar-refractivity contribution in [2.75, 3.05) is 21.9 Å². The summed E-state index contributed by atoms with van der Waals surface area (Å²) in [6.07, 6.45) is 3.44. The molecule has 0 radical (unpaired) electrons. The molecule has 0 aliphatic carbocycles. The summed E-state index contributed by atoms with van der Waals surface area (Å²) in [5.74, 6) is -0.275. The molecule has 1 fully saturated rings. The molecule has 0 spiro atoms. The van der Waals surface area contributed by atoms with Gasteiger partial charge in [-0.3, -0.25) is 19.1 Å². The van der Waals surface area contributed by atoms with Crippen molar-refractivity contribution in [2.45, 2.75) is 0 Å². The Balaban J connectivity index is 1.41. The maximum absolute atomic E-state index is 12.8. The van der Waals surface area contributed by atoms with E-state index in [2.05, 4.69) is 15.3 Å². The zero-order valence-electron chi connectivity index (χ0n) is 16.7. The molecule has 0 bridgehead atoms. The quantitative estimate of drug-likeness (QED) is 0.484. The first-order chi connectivity index (χ1) is 15.4. The molecule has 2 aromatic carbocycles. The molecule has 1 saturated heterocycles. The molecule has 2 aromatic heterocycles. The van der Waals surface area contributed by atoms with E-state index in [1.807, 2.05) is 36.4 Å². The van der Waals surface area contributed by atoms with Crippen molar-refractivity contribution in [2.24, 2.45) is 0 Å². The SMILES string of the molecule is O=C(Nc1cccc(-c2nccc3ncccc23)c1)c1ccc(N2CCS2(=O)=O)cc1Cl. The van der Waals surface area contributed by atoms with Crippen LogP contribution < -0.4 is 9.62 Å². The number of pyridine rings is 2. The highest BCUT2D eigenvalue weighted by atomic mass is 35.5. The van der Waals surface area contributed by atoms with Gasteiger partial charge in [-0.25, -0.2) is 8.42 Å². The average molecular weight is 465 g/mol. The van der Waals surface area contributed by atoms with Gasteiger partial charge in [0.05, 0.1) is 33.2 Å². The summed E-state index contributed by atoms with van der Waals surface area (Å²) >= 11 is 6.30. The highest BCUT2D eigenvalue weighted by molar-refractivity contribution is 7.94. The van der Waals surface area contributed by atoms with Crippen molar-refractivity contribution in [3.63, 3.8) is 0 Å². The molecule has 1 amide bonds. The molecule has 1 N–H and O–H groups in total. The number of benzene rings is 2. The first-order valence-electron chi connectivity index (χ1n) is 9.84. The Hall–Kier alpha value is -3.49. The molecule has 7 nitrogen and oxygen atoms in total. The van der Waals surface area contributed by atoms with Crippen LogP contribution in [0.4, 0.5) is 11.4 Å². The summed E-state index contributed by atoms with van der Waals surface area (Å²) in [5, 5.41) is 3.95. The molecule has 32 heavy (non-hydrogen) atoms. The first kappa shape index (κ1) is 20.4. The number of nitrogens with one attached hydrogen (secondary N) is 1. The van der Waals surface area contributed by atoms with E-state index in [-0.39, 0.29) is 16.3 Å². The second kappa shape index (κ2) is 7.89. The Kier molecular flexibility index (Phi) is 5.03. The predicted molar refractivity (Wildman–Crippen MR) is 126 cm³/mol. The van der Waals surface area contributed by atoms with Crippen LogP contribution in [-0.4, -0.2) is 36.6 Å². The lowest BCUT2D eigenvalue weighted by molar-refractivity contribution is 0.102. The number of amides is 1. The van der Waals surface area contributed by atoms with E-state index in [1.165, 1.54) is 16.4 Å². The molecule has 1 aliphatic heterocycles. The van der Waals surface area contributed by atoms with Crippen molar-refractivity contribution in [3.8, 4) is 11.3 Å². The van der Waals surface area contributed by atoms with Crippen molar-refractivity contribution >= 4 is 49.8 Å². The Morgan fingerprint density at radius 3 is 2.62 bits per heavy atom. The Morgan fingerprint density at radius 2 is 1.88 bits per heavy atom. The molecular formula is C23H17ClN4O3S. The van der Waals surface area contributed by atoms with E-state index in [0.29, 0.717) is 17.9 Å². The maximum atomic E-state index is 12.8. The van der Waals surface area contributed by atoms with Gasteiger partial charge in [0.25, 0.3) is 5.91 Å². The third-order valence-corrected chi connectivity index (χ3v) is 7.37. The van der Waals surface area contributed by atoms with Crippen LogP contribution in [0.3, 0.4) is 0 Å². The lowest BCUT2D eigenvalue weighted by atomic mass is 10.1. The molecule has 0 unspecified atom stereocenters. The van der Waals surface area contributed by atoms with Crippen LogP contribution >= 0.6 is 11.6 Å². The second-order valence-electron chi connectivity index (χ2n) is 7.32. The summed E-state index contributed by atoms with van der Waals surface area (Å²) in [4.78, 5) is 21.7. The van der Waals surface area contributed by atoms with Crippen LogP contribution in [0, 0.1) is 0 Å². The number of anilines is 2. The van der Waals surface area contributed by atoms with E-state index in [9.17, 15) is 13.2 Å². The van der Waals surface area contributed by atoms with E-state index in [1.54, 1.807) is 24.5 Å². The van der Waals surface area contributed by atoms with E-state index < -0.39 is 15.9 Å². The predicted octanol–water partition coefficient (Wildman–Crippen LogP) is 4.35. The summed E-state index contributed by atoms with van der Waals surface area (Å²) < 4.78 is 24.9. The fourth-order valence-corrected chi connectivity index (χ4v) is 5.00. The van der Waals surface area contributed by atoms with E-state index in [0.717, 1.165) is 22.2 Å². The fraction of sp³-hybridized carbons (Fsp3) is 0.0870. The van der Waals surface area contributed by atoms with Crippen LogP contribution in [0.15, 0.2) is 73.1 Å². The Bertz CT molecular complexity index is 1470. The molecule has 0 saturated carbocycles. The molecule has 160 valence electrons. The fourth-order valence-electron chi connectivity index (χ4n) is 3.64. The number of aromatic nitrogens is 2. The maximum Gasteiger partial charge on any atom is 0.257 e. The zero-order chi connectivity index (χ0) is 22.3. The van der Waals surface area contributed by atoms with Gasteiger partial charge in [-0.1, -0.05) is 23.7 Å². The number of halogens is 1. The summed E-state index contributed by atoms with van der Waals surface area (Å²) in [5.41, 5.74) is 3.74. The number of hydrogen-bond acceptors (Lipinski definition) is 5. The van der Waals surface area contributed by atoms with Gasteiger partial charge in [0.1, 0.15) is 0 Å². The highest BCUT2D eigenvalue weighted by Crippen LogP contribution is 2.30. The largest absolute Gasteiger partial charge is 0.322 e. The van der Waals surface area contributed by atoms with Crippen molar-refractivity contribution in [1.29, 1.82) is 0 Å². The van der Waals surface area contributed by atoms with Gasteiger partial charge >= 0.3 is 0 Å². The van der Waals surface area contributed by atoms with Crippen molar-refractivity contribution < 1.29 is 13.2 Å². The minimum Gasteiger partial charge on any atom is -0.322 e. The van der Waals surface area contributed by atoms with E-state index in [4.69, 9.17) is 11.6 Å². The lowest BCUT2D eigenvalue weighted by Gasteiger charge is -2.32. The number of fused-ring (bicyclic) bond motifs is 1. The average Bonchev–Trinajstić information content (AvgIpc) is 2.78. The van der Waals surface area contributed by atoms with Gasteiger partial charge in [0.15, 0.2) is 0 Å². The summed E-state index contributed by atoms with van der Waals surface area (Å²) in [7, 11) is -3.26. The summed E-state index contributed by atoms with van der Waals surface area (Å²) in [6, 6.07) is 17.6. The van der Waals surface area contributed by atoms with Crippen molar-refractivity contribution in [3.05, 3.63) is 83.6 Å². The van der Waals surface area contributed by atoms with Crippen molar-refractivity contribution in [1.82, 2.24) is 9.97 Å². The topological polar surface area (TPSA) is 92.3 Å². The molecule has 1 aliphatic rings. The molecule has 9 heteroatoms. The lowest BCUT2D eigenvalue weighted by Crippen LogP contribution is -2.47. The van der Waals surface area contributed by atoms with Gasteiger partial charge in [0, 0.05) is 35.6 Å². The highest BCUT2D eigenvalue weighted by Gasteiger charge is 2.33. The molecule has 0 atom stereocenters. The number of carbonyl (C=O) groups excluding carboxylic acids is 1. The third-order valence-electron chi connectivity index (χ3n) is 5.30. The third kappa shape index (κ3) is 3.68. The van der Waals surface area contributed by atoms with Crippen LogP contribution in [0.2, 0.25) is 5.02 Å². The summed E-state index contributed by atoms with van der Waals surface area (Å²) in [6.45, 7) is 0.411. The number of rotatable bonds is 4. The number of hydrogen-bond donors (Lipinski definition) is 1. The normalized spacial score (nSPS) is 14.7. The van der Waals surface area contributed by atoms with Gasteiger partial charge in [-0.2, -0.15) is 0 Å². The number of carbonyl (C=O) groups is 1. The first-order valence-corrected chi connectivity index (χ1v) is 11.8. The van der Waals surface area contributed by atoms with Gasteiger partial charge < -0.3 is 5.32 Å². The number of nitrogens with zero attached hydrogens (tertiary/aromatic N) is 3. The van der Waals surface area contributed by atoms with Crippen LogP contribution in [-0.2, 0) is 10.0 Å². The smallest absolute Gasteiger partial charge is 0.257 e. The van der Waals surface area contributed by atoms with E-state index >= 15 is 0 Å². The minimum absolute atomic E-state index is 0.116. The van der Waals surface area contributed by atoms with Gasteiger partial charge in [-0.05, 0) is 48.5 Å². The number of sulfonamides is 1. The molecule has 3 heterocycles. The Labute approximate surface area is 189 Å². The zero-order valence-corrected chi connectivity index (χ0v) is 18.3. The van der Waals surface area contributed by atoms with Gasteiger partial charge in [0.2, 0.25) is 10.0 Å². The van der Waals surface area contributed by atoms with Crippen LogP contribution in [0.25, 0.3) is 22.2 Å². The monoisotopic (exact) mass is 464 g/mol. The standard InChI is InChI=1S/C23H17ClN4O3S/c24-20-14-17(28-11-12-32(28,30)31)6-7-18(20)23(29)27-16-4-1-3-15(13-16)22-19-5-2-9-25-21(19)8-10-26-22/h1-10,13-14H,11-12H2,(H,27,29). The minimum atomic E-state index is -3.26. The molecule has 4 aromatic rings. The van der Waals surface area contributed by atoms with Crippen LogP contribution in [0.1, 0.15) is 10.4 Å². The second-order valence-corrected chi connectivity index (χ2v) is 9.74. The molecular weight excluding hydrogens is 448 g/mol. The Morgan fingerprint density at radius 1 is 1.00 bits per heavy atom. The van der Waals surface area contributed by atoms with Crippen LogP contribution in [0.5, 0.6) is 0 Å². The molecule has 5 rings (SSSR count). The van der Waals surface area contributed by atoms with Gasteiger partial charge in [-0.15, -0.1) is 0 Å².